The Morgan fingerprint density at radius 3 is 2.53 bits per heavy atom. The van der Waals surface area contributed by atoms with Gasteiger partial charge >= 0.3 is 0 Å². The average Bonchev–Trinajstić information content (AvgIpc) is 2.70. The van der Waals surface area contributed by atoms with E-state index in [1.165, 1.54) is 19.1 Å². The predicted molar refractivity (Wildman–Crippen MR) is 103 cm³/mol. The highest BCUT2D eigenvalue weighted by Gasteiger charge is 2.66. The molecule has 0 saturated heterocycles. The summed E-state index contributed by atoms with van der Waals surface area (Å²) < 4.78 is 0. The largest absolute Gasteiger partial charge is 0.508 e. The lowest BCUT2D eigenvalue weighted by Gasteiger charge is -2.56. The molecule has 1 amide bonds. The monoisotopic (exact) mass is 445 g/mol. The maximum atomic E-state index is 13.4. The maximum absolute atomic E-state index is 13.4. The molecule has 1 aromatic carbocycles. The van der Waals surface area contributed by atoms with E-state index in [-0.39, 0.29) is 23.2 Å². The Labute approximate surface area is 180 Å². The predicted octanol–water partition coefficient (Wildman–Crippen LogP) is -0.408. The number of hydrogen-bond donors (Lipinski definition) is 7. The third-order valence-corrected chi connectivity index (χ3v) is 7.09. The van der Waals surface area contributed by atoms with Crippen LogP contribution in [0, 0.1) is 23.3 Å². The van der Waals surface area contributed by atoms with Crippen LogP contribution in [0.15, 0.2) is 28.6 Å². The number of aliphatic hydroxyl groups excluding tert-OH is 2. The van der Waals surface area contributed by atoms with E-state index in [2.05, 4.69) is 10.0 Å². The first kappa shape index (κ1) is 21.8. The molecular formula is C20H21N4O8+. The SMILES string of the molecule is C[C@@]1(O)c2ccc(N=[N+]=N)c(O)c2C(=O)C2C(O)C3(O)C(O)=C(C(N)=O)C(=O)CC3CC21. The Kier molecular flexibility index (Phi) is 4.61. The molecule has 12 nitrogen and oxygen atoms in total. The molecular weight excluding hydrogens is 424 g/mol. The van der Waals surface area contributed by atoms with Gasteiger partial charge in [-0.3, -0.25) is 14.4 Å². The number of nitrogens with two attached hydrogens (primary N) is 1. The number of fused-ring (bicyclic) bond motifs is 3. The van der Waals surface area contributed by atoms with Gasteiger partial charge in [-0.25, -0.2) is 0 Å². The maximum Gasteiger partial charge on any atom is 0.255 e. The molecule has 0 heterocycles. The topological polar surface area (TPSA) is 229 Å². The number of rotatable bonds is 2. The van der Waals surface area contributed by atoms with E-state index in [4.69, 9.17) is 11.3 Å². The number of amides is 1. The van der Waals surface area contributed by atoms with E-state index in [0.29, 0.717) is 0 Å². The van der Waals surface area contributed by atoms with Gasteiger partial charge in [0.15, 0.2) is 33.7 Å². The first-order chi connectivity index (χ1) is 14.9. The van der Waals surface area contributed by atoms with Crippen LogP contribution in [0.1, 0.15) is 35.7 Å². The molecule has 1 fully saturated rings. The Morgan fingerprint density at radius 2 is 1.94 bits per heavy atom. The van der Waals surface area contributed by atoms with Crippen molar-refractivity contribution in [3.05, 3.63) is 34.6 Å². The third kappa shape index (κ3) is 2.55. The molecule has 168 valence electrons. The number of nitrogens with zero attached hydrogens (tertiary/aromatic N) is 2. The number of aromatic hydroxyl groups is 1. The lowest BCUT2D eigenvalue weighted by atomic mass is 9.51. The number of phenolic OH excluding ortho intramolecular Hbond substituents is 1. The van der Waals surface area contributed by atoms with Gasteiger partial charge in [0.1, 0.15) is 23.0 Å². The molecule has 0 bridgehead atoms. The molecule has 1 aromatic rings. The Bertz CT molecular complexity index is 1170. The lowest BCUT2D eigenvalue weighted by molar-refractivity contribution is -0.195. The van der Waals surface area contributed by atoms with Gasteiger partial charge in [0.05, 0.1) is 17.1 Å². The molecule has 0 spiro atoms. The molecule has 8 N–H and O–H groups in total. The fraction of sp³-hybridized carbons (Fsp3) is 0.450. The number of nitrogens with one attached hydrogen (secondary N) is 1. The summed E-state index contributed by atoms with van der Waals surface area (Å²) in [5.74, 6) is -8.36. The normalized spacial score (nSPS) is 36.0. The number of hydrogen-bond acceptors (Lipinski definition) is 10. The van der Waals surface area contributed by atoms with Gasteiger partial charge in [-0.15, -0.1) is 0 Å². The number of carbonyl (C=O) groups excluding carboxylic acids is 3. The minimum absolute atomic E-state index is 0.0440. The standard InChI is InChI=1S/C20H20N4O8/c1-19(31)7-2-3-9(23-24-22)14(26)11(7)15(27)12-8(19)4-6-5-10(25)13(18(21)30)17(29)20(6,32)16(12)28/h2-3,6,8,12,16,22,28,31-32H,4-5H2,1H3,(H3,21,25,29,30)/p+1/t6?,8?,12?,16?,19-,20?/m1/s1. The van der Waals surface area contributed by atoms with E-state index >= 15 is 0 Å². The number of primary amides is 1. The Hall–Kier alpha value is -3.44. The Morgan fingerprint density at radius 1 is 1.28 bits per heavy atom. The molecule has 4 rings (SSSR count). The molecule has 3 aliphatic rings. The van der Waals surface area contributed by atoms with Crippen molar-refractivity contribution in [1.82, 2.24) is 4.91 Å². The number of carbonyl (C=O) groups is 3. The average molecular weight is 445 g/mol. The number of phenols is 1. The van der Waals surface area contributed by atoms with Crippen LogP contribution >= 0.6 is 0 Å². The molecule has 32 heavy (non-hydrogen) atoms. The van der Waals surface area contributed by atoms with Crippen LogP contribution in [-0.4, -0.2) is 54.7 Å². The van der Waals surface area contributed by atoms with E-state index < -0.39 is 76.0 Å². The van der Waals surface area contributed by atoms with Crippen LogP contribution in [0.4, 0.5) is 5.69 Å². The summed E-state index contributed by atoms with van der Waals surface area (Å²) in [5.41, 5.74) is 6.27. The smallest absolute Gasteiger partial charge is 0.255 e. The highest BCUT2D eigenvalue weighted by Crippen LogP contribution is 2.58. The van der Waals surface area contributed by atoms with Crippen molar-refractivity contribution in [2.75, 3.05) is 0 Å². The number of aliphatic hydroxyl groups is 4. The van der Waals surface area contributed by atoms with Gasteiger partial charge in [0.25, 0.3) is 5.91 Å². The molecule has 1 saturated carbocycles. The van der Waals surface area contributed by atoms with Crippen molar-refractivity contribution in [2.45, 2.75) is 37.1 Å². The summed E-state index contributed by atoms with van der Waals surface area (Å²) in [4.78, 5) is 40.3. The van der Waals surface area contributed by atoms with Crippen LogP contribution in [0.5, 0.6) is 5.75 Å². The van der Waals surface area contributed by atoms with Gasteiger partial charge in [0, 0.05) is 18.3 Å². The molecule has 0 aromatic heterocycles. The summed E-state index contributed by atoms with van der Waals surface area (Å²) in [6.07, 6.45) is -2.64. The van der Waals surface area contributed by atoms with Crippen LogP contribution in [0.2, 0.25) is 0 Å². The van der Waals surface area contributed by atoms with Crippen molar-refractivity contribution in [2.24, 2.45) is 28.6 Å². The first-order valence-electron chi connectivity index (χ1n) is 9.76. The summed E-state index contributed by atoms with van der Waals surface area (Å²) in [6, 6.07) is 2.61. The van der Waals surface area contributed by atoms with Crippen molar-refractivity contribution < 1.29 is 39.9 Å². The summed E-state index contributed by atoms with van der Waals surface area (Å²) in [5, 5.41) is 58.3. The molecule has 3 aliphatic carbocycles. The highest BCUT2D eigenvalue weighted by atomic mass is 16.4. The Balaban J connectivity index is 1.94. The molecule has 0 aliphatic heterocycles. The van der Waals surface area contributed by atoms with E-state index in [1.807, 2.05) is 0 Å². The van der Waals surface area contributed by atoms with E-state index in [9.17, 15) is 39.9 Å². The van der Waals surface area contributed by atoms with Crippen molar-refractivity contribution in [1.29, 1.82) is 5.53 Å². The van der Waals surface area contributed by atoms with Gasteiger partial charge in [0.2, 0.25) is 4.91 Å². The van der Waals surface area contributed by atoms with Crippen LogP contribution in [0.25, 0.3) is 0 Å². The van der Waals surface area contributed by atoms with E-state index in [0.717, 1.165) is 0 Å². The summed E-state index contributed by atoms with van der Waals surface area (Å²) in [6.45, 7) is 1.37. The highest BCUT2D eigenvalue weighted by molar-refractivity contribution is 6.20. The van der Waals surface area contributed by atoms with Gasteiger partial charge in [-0.2, -0.15) is 0 Å². The van der Waals surface area contributed by atoms with Crippen molar-refractivity contribution in [3.63, 3.8) is 0 Å². The number of Topliss-reactive ketones (excluding diaryl/α,β-unsaturated/α-hetero) is 2. The summed E-state index contributed by atoms with van der Waals surface area (Å²) >= 11 is 0. The van der Waals surface area contributed by atoms with Crippen LogP contribution < -0.4 is 10.6 Å². The molecule has 0 radical (unpaired) electrons. The minimum Gasteiger partial charge on any atom is -0.508 e. The summed E-state index contributed by atoms with van der Waals surface area (Å²) in [7, 11) is 0. The second kappa shape index (κ2) is 6.78. The fourth-order valence-electron chi connectivity index (χ4n) is 5.51. The van der Waals surface area contributed by atoms with Crippen LogP contribution in [-0.2, 0) is 15.2 Å². The zero-order chi connectivity index (χ0) is 23.7. The zero-order valence-electron chi connectivity index (χ0n) is 16.8. The third-order valence-electron chi connectivity index (χ3n) is 7.09. The first-order valence-corrected chi connectivity index (χ1v) is 9.76. The van der Waals surface area contributed by atoms with Crippen molar-refractivity contribution in [3.8, 4) is 5.75 Å². The van der Waals surface area contributed by atoms with Gasteiger partial charge < -0.3 is 31.3 Å². The number of benzene rings is 1. The number of ketones is 2. The quantitative estimate of drug-likeness (QED) is 0.179. The van der Waals surface area contributed by atoms with Crippen molar-refractivity contribution >= 4 is 23.2 Å². The molecule has 5 unspecified atom stereocenters. The molecule has 6 atom stereocenters. The molecule has 12 heteroatoms. The second-order valence-corrected chi connectivity index (χ2v) is 8.62. The second-order valence-electron chi connectivity index (χ2n) is 8.62. The van der Waals surface area contributed by atoms with Gasteiger partial charge in [-0.05, 0) is 25.0 Å². The zero-order valence-corrected chi connectivity index (χ0v) is 16.8. The minimum atomic E-state index is -2.54. The van der Waals surface area contributed by atoms with Crippen LogP contribution in [0.3, 0.4) is 0 Å². The van der Waals surface area contributed by atoms with Gasteiger partial charge in [-0.1, -0.05) is 6.07 Å². The fourth-order valence-corrected chi connectivity index (χ4v) is 5.51. The lowest BCUT2D eigenvalue weighted by Crippen LogP contribution is -2.66. The van der Waals surface area contributed by atoms with E-state index in [1.54, 1.807) is 0 Å².